The lowest BCUT2D eigenvalue weighted by atomic mass is 10.0. The zero-order valence-corrected chi connectivity index (χ0v) is 13.0. The van der Waals surface area contributed by atoms with Gasteiger partial charge in [0.2, 0.25) is 0 Å². The third-order valence-electron chi connectivity index (χ3n) is 4.26. The van der Waals surface area contributed by atoms with E-state index in [0.717, 1.165) is 18.7 Å². The zero-order valence-electron chi connectivity index (χ0n) is 13.0. The minimum atomic E-state index is 0.244. The smallest absolute Gasteiger partial charge is 0.123 e. The summed E-state index contributed by atoms with van der Waals surface area (Å²) in [5.41, 5.74) is 5.34. The van der Waals surface area contributed by atoms with Crippen LogP contribution in [0.4, 0.5) is 0 Å². The molecule has 2 aromatic rings. The van der Waals surface area contributed by atoms with Gasteiger partial charge in [-0.15, -0.1) is 0 Å². The number of hydrogen-bond acceptors (Lipinski definition) is 2. The molecule has 0 fully saturated rings. The minimum absolute atomic E-state index is 0.244. The van der Waals surface area contributed by atoms with Gasteiger partial charge < -0.3 is 10.1 Å². The molecule has 1 N–H and O–H groups in total. The Bertz CT molecular complexity index is 635. The van der Waals surface area contributed by atoms with Gasteiger partial charge in [-0.2, -0.15) is 0 Å². The van der Waals surface area contributed by atoms with Gasteiger partial charge in [0.25, 0.3) is 0 Å². The van der Waals surface area contributed by atoms with Gasteiger partial charge in [-0.25, -0.2) is 0 Å². The van der Waals surface area contributed by atoms with E-state index in [1.807, 2.05) is 0 Å². The highest BCUT2D eigenvalue weighted by atomic mass is 16.5. The van der Waals surface area contributed by atoms with Crippen LogP contribution in [0.2, 0.25) is 0 Å². The molecule has 2 unspecified atom stereocenters. The van der Waals surface area contributed by atoms with Crippen molar-refractivity contribution in [2.75, 3.05) is 6.54 Å². The van der Waals surface area contributed by atoms with Crippen LogP contribution in [0.25, 0.3) is 0 Å². The van der Waals surface area contributed by atoms with E-state index in [1.165, 1.54) is 22.3 Å². The maximum absolute atomic E-state index is 6.02. The van der Waals surface area contributed by atoms with Gasteiger partial charge in [-0.05, 0) is 43.5 Å². The van der Waals surface area contributed by atoms with Crippen molar-refractivity contribution in [2.45, 2.75) is 39.3 Å². The summed E-state index contributed by atoms with van der Waals surface area (Å²) in [4.78, 5) is 0. The maximum Gasteiger partial charge on any atom is 0.123 e. The highest BCUT2D eigenvalue weighted by Crippen LogP contribution is 2.29. The van der Waals surface area contributed by atoms with Crippen LogP contribution in [0, 0.1) is 13.8 Å². The number of nitrogens with one attached hydrogen (secondary N) is 1. The number of aryl methyl sites for hydroxylation is 2. The van der Waals surface area contributed by atoms with Crippen molar-refractivity contribution in [3.8, 4) is 5.75 Å². The summed E-state index contributed by atoms with van der Waals surface area (Å²) in [6, 6.07) is 15.3. The monoisotopic (exact) mass is 281 g/mol. The fraction of sp³-hybridized carbons (Fsp3) is 0.368. The molecule has 3 rings (SSSR count). The summed E-state index contributed by atoms with van der Waals surface area (Å²) in [5.74, 6) is 1.05. The van der Waals surface area contributed by atoms with Crippen LogP contribution in [-0.2, 0) is 6.42 Å². The van der Waals surface area contributed by atoms with Crippen LogP contribution in [0.3, 0.4) is 0 Å². The predicted octanol–water partition coefficient (Wildman–Crippen LogP) is 3.96. The van der Waals surface area contributed by atoms with Crippen LogP contribution in [-0.4, -0.2) is 12.6 Å². The lowest BCUT2D eigenvalue weighted by molar-refractivity contribution is 0.222. The Balaban J connectivity index is 1.59. The van der Waals surface area contributed by atoms with E-state index in [1.54, 1.807) is 0 Å². The predicted molar refractivity (Wildman–Crippen MR) is 86.9 cm³/mol. The Hall–Kier alpha value is -1.80. The second-order valence-corrected chi connectivity index (χ2v) is 6.04. The first kappa shape index (κ1) is 14.2. The molecular weight excluding hydrogens is 258 g/mol. The molecule has 2 heteroatoms. The molecule has 2 nitrogen and oxygen atoms in total. The molecule has 110 valence electrons. The Kier molecular flexibility index (Phi) is 3.98. The van der Waals surface area contributed by atoms with Crippen LogP contribution < -0.4 is 10.1 Å². The summed E-state index contributed by atoms with van der Waals surface area (Å²) in [5, 5.41) is 3.61. The minimum Gasteiger partial charge on any atom is -0.488 e. The van der Waals surface area contributed by atoms with Gasteiger partial charge in [0.1, 0.15) is 11.9 Å². The van der Waals surface area contributed by atoms with Gasteiger partial charge in [-0.1, -0.05) is 42.0 Å². The highest BCUT2D eigenvalue weighted by Gasteiger charge is 2.23. The molecule has 0 amide bonds. The molecule has 0 saturated carbocycles. The van der Waals surface area contributed by atoms with Crippen LogP contribution in [0.15, 0.2) is 42.5 Å². The standard InChI is InChI=1S/C19H23NO/c1-13-8-9-19-16(10-13)11-17(21-19)12-20-15(3)18-7-5-4-6-14(18)2/h4-10,15,17,20H,11-12H2,1-3H3. The van der Waals surface area contributed by atoms with Gasteiger partial charge in [0.15, 0.2) is 0 Å². The van der Waals surface area contributed by atoms with E-state index in [2.05, 4.69) is 68.6 Å². The van der Waals surface area contributed by atoms with E-state index in [0.29, 0.717) is 6.04 Å². The van der Waals surface area contributed by atoms with Gasteiger partial charge in [-0.3, -0.25) is 0 Å². The molecule has 1 heterocycles. The van der Waals surface area contributed by atoms with Crippen molar-refractivity contribution in [1.29, 1.82) is 0 Å². The van der Waals surface area contributed by atoms with E-state index in [4.69, 9.17) is 4.74 Å². The van der Waals surface area contributed by atoms with Gasteiger partial charge in [0.05, 0.1) is 0 Å². The normalized spacial score (nSPS) is 18.1. The number of rotatable bonds is 4. The fourth-order valence-corrected chi connectivity index (χ4v) is 3.05. The number of ether oxygens (including phenoxy) is 1. The number of hydrogen-bond donors (Lipinski definition) is 1. The Morgan fingerprint density at radius 2 is 2.00 bits per heavy atom. The summed E-state index contributed by atoms with van der Waals surface area (Å²) in [7, 11) is 0. The molecule has 1 aliphatic rings. The molecule has 2 aromatic carbocycles. The van der Waals surface area contributed by atoms with Gasteiger partial charge in [0, 0.05) is 19.0 Å². The van der Waals surface area contributed by atoms with Crippen molar-refractivity contribution in [2.24, 2.45) is 0 Å². The van der Waals surface area contributed by atoms with Crippen LogP contribution in [0.1, 0.15) is 35.2 Å². The molecule has 1 aliphatic heterocycles. The second-order valence-electron chi connectivity index (χ2n) is 6.04. The Morgan fingerprint density at radius 1 is 1.19 bits per heavy atom. The van der Waals surface area contributed by atoms with Crippen molar-refractivity contribution in [1.82, 2.24) is 5.32 Å². The van der Waals surface area contributed by atoms with Gasteiger partial charge >= 0.3 is 0 Å². The molecule has 21 heavy (non-hydrogen) atoms. The molecule has 0 radical (unpaired) electrons. The Labute approximate surface area is 127 Å². The summed E-state index contributed by atoms with van der Waals surface area (Å²) < 4.78 is 6.02. The average Bonchev–Trinajstić information content (AvgIpc) is 2.87. The summed E-state index contributed by atoms with van der Waals surface area (Å²) in [6.07, 6.45) is 1.25. The van der Waals surface area contributed by atoms with E-state index in [9.17, 15) is 0 Å². The van der Waals surface area contributed by atoms with E-state index < -0.39 is 0 Å². The third-order valence-corrected chi connectivity index (χ3v) is 4.26. The topological polar surface area (TPSA) is 21.3 Å². The molecule has 0 aromatic heterocycles. The largest absolute Gasteiger partial charge is 0.488 e. The molecule has 0 spiro atoms. The molecule has 0 aliphatic carbocycles. The number of benzene rings is 2. The summed E-state index contributed by atoms with van der Waals surface area (Å²) in [6.45, 7) is 7.39. The Morgan fingerprint density at radius 3 is 2.81 bits per heavy atom. The lowest BCUT2D eigenvalue weighted by Crippen LogP contribution is -2.32. The first-order valence-corrected chi connectivity index (χ1v) is 7.68. The fourth-order valence-electron chi connectivity index (χ4n) is 3.05. The first-order chi connectivity index (χ1) is 10.1. The van der Waals surface area contributed by atoms with Crippen molar-refractivity contribution in [3.05, 3.63) is 64.7 Å². The van der Waals surface area contributed by atoms with E-state index in [-0.39, 0.29) is 6.10 Å². The lowest BCUT2D eigenvalue weighted by Gasteiger charge is -2.19. The van der Waals surface area contributed by atoms with Crippen molar-refractivity contribution >= 4 is 0 Å². The van der Waals surface area contributed by atoms with Crippen molar-refractivity contribution < 1.29 is 4.74 Å². The number of fused-ring (bicyclic) bond motifs is 1. The van der Waals surface area contributed by atoms with Crippen LogP contribution >= 0.6 is 0 Å². The van der Waals surface area contributed by atoms with E-state index >= 15 is 0 Å². The second kappa shape index (κ2) is 5.90. The molecular formula is C19H23NO. The SMILES string of the molecule is Cc1ccc2c(c1)CC(CNC(C)c1ccccc1C)O2. The van der Waals surface area contributed by atoms with Crippen molar-refractivity contribution in [3.63, 3.8) is 0 Å². The summed E-state index contributed by atoms with van der Waals surface area (Å²) >= 11 is 0. The third kappa shape index (κ3) is 3.11. The zero-order chi connectivity index (χ0) is 14.8. The van der Waals surface area contributed by atoms with Crippen LogP contribution in [0.5, 0.6) is 5.75 Å². The quantitative estimate of drug-likeness (QED) is 0.916. The maximum atomic E-state index is 6.02. The highest BCUT2D eigenvalue weighted by molar-refractivity contribution is 5.40. The molecule has 0 bridgehead atoms. The average molecular weight is 281 g/mol. The molecule has 2 atom stereocenters. The first-order valence-electron chi connectivity index (χ1n) is 7.68. The molecule has 0 saturated heterocycles.